The van der Waals surface area contributed by atoms with Gasteiger partial charge in [0.15, 0.2) is 0 Å². The monoisotopic (exact) mass is 323 g/mol. The van der Waals surface area contributed by atoms with Gasteiger partial charge in [0.25, 0.3) is 0 Å². The van der Waals surface area contributed by atoms with Crippen LogP contribution in [0.1, 0.15) is 40.2 Å². The Bertz CT molecular complexity index is 520. The zero-order valence-corrected chi connectivity index (χ0v) is 14.9. The summed E-state index contributed by atoms with van der Waals surface area (Å²) in [5.41, 5.74) is 2.06. The Hall–Kier alpha value is -1.49. The number of methoxy groups -OCH3 is 1. The third kappa shape index (κ3) is 5.37. The number of hydrogen-bond donors (Lipinski definition) is 1. The first-order valence-corrected chi connectivity index (χ1v) is 8.24. The molecule has 0 spiro atoms. The molecule has 2 unspecified atom stereocenters. The summed E-state index contributed by atoms with van der Waals surface area (Å²) in [5, 5.41) is 2.17. The van der Waals surface area contributed by atoms with Crippen LogP contribution >= 0.6 is 11.8 Å². The number of benzene rings is 1. The van der Waals surface area contributed by atoms with Gasteiger partial charge in [0.1, 0.15) is 5.25 Å². The predicted molar refractivity (Wildman–Crippen MR) is 92.3 cm³/mol. The highest BCUT2D eigenvalue weighted by Gasteiger charge is 2.22. The van der Waals surface area contributed by atoms with Crippen molar-refractivity contribution in [1.82, 2.24) is 0 Å². The lowest BCUT2D eigenvalue weighted by atomic mass is 9.87. The molecule has 0 heterocycles. The summed E-state index contributed by atoms with van der Waals surface area (Å²) < 4.78 is 4.66. The van der Waals surface area contributed by atoms with Gasteiger partial charge in [-0.2, -0.15) is 0 Å². The minimum absolute atomic E-state index is 0.0849. The van der Waals surface area contributed by atoms with Gasteiger partial charge in [-0.25, -0.2) is 0 Å². The number of rotatable bonds is 5. The third-order valence-corrected chi connectivity index (χ3v) is 4.55. The summed E-state index contributed by atoms with van der Waals surface area (Å²) in [6.45, 7) is 9.95. The van der Waals surface area contributed by atoms with Crippen molar-refractivity contribution in [2.75, 3.05) is 12.4 Å². The first-order chi connectivity index (χ1) is 10.1. The molecular weight excluding hydrogens is 298 g/mol. The van der Waals surface area contributed by atoms with Gasteiger partial charge in [0.2, 0.25) is 5.91 Å². The van der Waals surface area contributed by atoms with E-state index in [0.29, 0.717) is 0 Å². The second-order valence-electron chi connectivity index (χ2n) is 6.26. The van der Waals surface area contributed by atoms with Crippen molar-refractivity contribution < 1.29 is 14.3 Å². The summed E-state index contributed by atoms with van der Waals surface area (Å²) in [4.78, 5) is 23.5. The lowest BCUT2D eigenvalue weighted by Crippen LogP contribution is -2.27. The predicted octanol–water partition coefficient (Wildman–Crippen LogP) is 3.61. The van der Waals surface area contributed by atoms with Crippen LogP contribution < -0.4 is 5.32 Å². The van der Waals surface area contributed by atoms with E-state index >= 15 is 0 Å². The normalized spacial score (nSPS) is 14.1. The Kier molecular flexibility index (Phi) is 6.48. The molecule has 2 atom stereocenters. The van der Waals surface area contributed by atoms with Gasteiger partial charge in [0.05, 0.1) is 12.4 Å². The molecule has 122 valence electrons. The van der Waals surface area contributed by atoms with Crippen molar-refractivity contribution in [3.63, 3.8) is 0 Å². The Labute approximate surface area is 137 Å². The molecule has 0 radical (unpaired) electrons. The van der Waals surface area contributed by atoms with E-state index in [1.807, 2.05) is 24.3 Å². The average molecular weight is 323 g/mol. The zero-order chi connectivity index (χ0) is 16.9. The minimum Gasteiger partial charge on any atom is -0.468 e. The molecule has 1 rings (SSSR count). The highest BCUT2D eigenvalue weighted by molar-refractivity contribution is 8.01. The second kappa shape index (κ2) is 7.68. The topological polar surface area (TPSA) is 55.4 Å². The van der Waals surface area contributed by atoms with E-state index in [9.17, 15) is 9.59 Å². The van der Waals surface area contributed by atoms with E-state index in [0.717, 1.165) is 5.69 Å². The van der Waals surface area contributed by atoms with Crippen LogP contribution in [0.3, 0.4) is 0 Å². The van der Waals surface area contributed by atoms with Crippen molar-refractivity contribution in [2.45, 2.75) is 50.5 Å². The number of ether oxygens (including phenoxy) is 1. The van der Waals surface area contributed by atoms with Gasteiger partial charge in [-0.3, -0.25) is 9.59 Å². The van der Waals surface area contributed by atoms with E-state index in [2.05, 4.69) is 30.8 Å². The fraction of sp³-hybridized carbons (Fsp3) is 0.529. The van der Waals surface area contributed by atoms with Crippen LogP contribution in [0.2, 0.25) is 0 Å². The molecule has 0 aromatic heterocycles. The summed E-state index contributed by atoms with van der Waals surface area (Å²) in [7, 11) is 1.35. The van der Waals surface area contributed by atoms with Crippen LogP contribution in [0.15, 0.2) is 24.3 Å². The fourth-order valence-electron chi connectivity index (χ4n) is 1.89. The quantitative estimate of drug-likeness (QED) is 0.841. The molecular formula is C17H25NO3S. The minimum atomic E-state index is -0.367. The second-order valence-corrected chi connectivity index (χ2v) is 7.95. The summed E-state index contributed by atoms with van der Waals surface area (Å²) in [5.74, 6) is -0.441. The maximum Gasteiger partial charge on any atom is 0.318 e. The molecule has 1 N–H and O–H groups in total. The summed E-state index contributed by atoms with van der Waals surface area (Å²) in [6, 6.07) is 7.84. The maximum atomic E-state index is 12.2. The molecule has 0 aliphatic heterocycles. The van der Waals surface area contributed by atoms with Crippen molar-refractivity contribution in [3.8, 4) is 0 Å². The number of thioether (sulfide) groups is 1. The molecule has 0 aliphatic carbocycles. The Morgan fingerprint density at radius 1 is 1.09 bits per heavy atom. The van der Waals surface area contributed by atoms with Crippen LogP contribution in [-0.2, 0) is 19.7 Å². The van der Waals surface area contributed by atoms with Crippen molar-refractivity contribution in [3.05, 3.63) is 29.8 Å². The molecule has 1 amide bonds. The lowest BCUT2D eigenvalue weighted by molar-refractivity contribution is -0.139. The van der Waals surface area contributed by atoms with E-state index in [4.69, 9.17) is 0 Å². The molecule has 22 heavy (non-hydrogen) atoms. The van der Waals surface area contributed by atoms with Gasteiger partial charge in [-0.1, -0.05) is 32.9 Å². The number of esters is 1. The lowest BCUT2D eigenvalue weighted by Gasteiger charge is -2.19. The van der Waals surface area contributed by atoms with Crippen LogP contribution in [0, 0.1) is 0 Å². The summed E-state index contributed by atoms with van der Waals surface area (Å²) in [6.07, 6.45) is 0. The molecule has 0 bridgehead atoms. The van der Waals surface area contributed by atoms with Crippen molar-refractivity contribution >= 4 is 29.3 Å². The fourth-order valence-corrected chi connectivity index (χ4v) is 2.89. The Balaban J connectivity index is 2.63. The van der Waals surface area contributed by atoms with Crippen LogP contribution in [0.25, 0.3) is 0 Å². The first kappa shape index (κ1) is 18.6. The first-order valence-electron chi connectivity index (χ1n) is 7.30. The average Bonchev–Trinajstić information content (AvgIpc) is 2.45. The summed E-state index contributed by atoms with van der Waals surface area (Å²) >= 11 is 1.28. The standard InChI is InChI=1S/C17H25NO3S/c1-11(22-12(2)16(20)21-6)15(19)18-14-9-7-13(8-10-14)17(3,4)5/h7-12H,1-6H3,(H,18,19). The van der Waals surface area contributed by atoms with Crippen LogP contribution in [-0.4, -0.2) is 29.5 Å². The Morgan fingerprint density at radius 2 is 1.64 bits per heavy atom. The molecule has 0 saturated heterocycles. The highest BCUT2D eigenvalue weighted by atomic mass is 32.2. The van der Waals surface area contributed by atoms with Gasteiger partial charge < -0.3 is 10.1 Å². The molecule has 0 aliphatic rings. The molecule has 0 saturated carbocycles. The third-order valence-electron chi connectivity index (χ3n) is 3.33. The van der Waals surface area contributed by atoms with E-state index in [1.54, 1.807) is 13.8 Å². The van der Waals surface area contributed by atoms with E-state index in [-0.39, 0.29) is 27.8 Å². The molecule has 1 aromatic rings. The van der Waals surface area contributed by atoms with Gasteiger partial charge >= 0.3 is 5.97 Å². The van der Waals surface area contributed by atoms with E-state index in [1.165, 1.54) is 24.4 Å². The number of nitrogens with one attached hydrogen (secondary N) is 1. The molecule has 4 nitrogen and oxygen atoms in total. The van der Waals surface area contributed by atoms with Gasteiger partial charge in [-0.05, 0) is 37.0 Å². The zero-order valence-electron chi connectivity index (χ0n) is 14.1. The molecule has 0 fully saturated rings. The van der Waals surface area contributed by atoms with Crippen LogP contribution in [0.5, 0.6) is 0 Å². The van der Waals surface area contributed by atoms with Crippen molar-refractivity contribution in [2.24, 2.45) is 0 Å². The number of anilines is 1. The van der Waals surface area contributed by atoms with E-state index < -0.39 is 0 Å². The number of hydrogen-bond acceptors (Lipinski definition) is 4. The number of amides is 1. The SMILES string of the molecule is COC(=O)C(C)SC(C)C(=O)Nc1ccc(C(C)(C)C)cc1. The van der Waals surface area contributed by atoms with Gasteiger partial charge in [-0.15, -0.1) is 11.8 Å². The number of carbonyl (C=O) groups is 2. The molecule has 1 aromatic carbocycles. The van der Waals surface area contributed by atoms with Crippen molar-refractivity contribution in [1.29, 1.82) is 0 Å². The Morgan fingerprint density at radius 3 is 2.09 bits per heavy atom. The highest BCUT2D eigenvalue weighted by Crippen LogP contribution is 2.24. The maximum absolute atomic E-state index is 12.2. The number of carbonyl (C=O) groups excluding carboxylic acids is 2. The molecule has 5 heteroatoms. The smallest absolute Gasteiger partial charge is 0.318 e. The van der Waals surface area contributed by atoms with Gasteiger partial charge in [0, 0.05) is 5.69 Å². The largest absolute Gasteiger partial charge is 0.468 e. The van der Waals surface area contributed by atoms with Crippen LogP contribution in [0.4, 0.5) is 5.69 Å².